The average Bonchev–Trinajstić information content (AvgIpc) is 2.90. The van der Waals surface area contributed by atoms with E-state index in [0.717, 1.165) is 33.5 Å². The highest BCUT2D eigenvalue weighted by Gasteiger charge is 2.14. The zero-order valence-corrected chi connectivity index (χ0v) is 14.4. The third-order valence-corrected chi connectivity index (χ3v) is 4.14. The van der Waals surface area contributed by atoms with Crippen LogP contribution >= 0.6 is 0 Å². The molecule has 3 aromatic rings. The Bertz CT molecular complexity index is 897. The number of hydrogen-bond donors (Lipinski definition) is 1. The van der Waals surface area contributed by atoms with Crippen LogP contribution in [0, 0.1) is 13.8 Å². The summed E-state index contributed by atoms with van der Waals surface area (Å²) in [7, 11) is 3.93. The second-order valence-electron chi connectivity index (χ2n) is 6.23. The molecule has 1 N–H and O–H groups in total. The molecule has 0 unspecified atom stereocenters. The molecule has 0 atom stereocenters. The van der Waals surface area contributed by atoms with Gasteiger partial charge in [0.05, 0.1) is 6.42 Å². The van der Waals surface area contributed by atoms with E-state index in [1.165, 1.54) is 0 Å². The van der Waals surface area contributed by atoms with E-state index in [1.807, 2.05) is 69.2 Å². The second kappa shape index (κ2) is 6.35. The van der Waals surface area contributed by atoms with Gasteiger partial charge in [0.1, 0.15) is 5.69 Å². The number of aromatic nitrogens is 1. The summed E-state index contributed by atoms with van der Waals surface area (Å²) < 4.78 is 5.35. The predicted octanol–water partition coefficient (Wildman–Crippen LogP) is 3.69. The number of carbonyl (C=O) groups excluding carboxylic acids is 1. The molecule has 0 spiro atoms. The molecular weight excluding hydrogens is 302 g/mol. The second-order valence-corrected chi connectivity index (χ2v) is 6.23. The Kier molecular flexibility index (Phi) is 4.25. The molecule has 0 fully saturated rings. The molecule has 5 heteroatoms. The lowest BCUT2D eigenvalue weighted by Crippen LogP contribution is -2.15. The quantitative estimate of drug-likeness (QED) is 0.795. The van der Waals surface area contributed by atoms with Crippen molar-refractivity contribution in [2.45, 2.75) is 20.3 Å². The molecule has 0 saturated carbocycles. The Hall–Kier alpha value is -2.82. The molecule has 0 bridgehead atoms. The molecule has 0 aliphatic heterocycles. The van der Waals surface area contributed by atoms with Gasteiger partial charge >= 0.3 is 0 Å². The largest absolute Gasteiger partial charge is 0.378 e. The molecule has 0 radical (unpaired) electrons. The molecule has 1 aromatic heterocycles. The zero-order valence-electron chi connectivity index (χ0n) is 14.4. The van der Waals surface area contributed by atoms with E-state index in [0.29, 0.717) is 5.69 Å². The Balaban J connectivity index is 1.78. The number of nitrogens with one attached hydrogen (secondary N) is 1. The summed E-state index contributed by atoms with van der Waals surface area (Å²) in [5.74, 6) is -0.112. The van der Waals surface area contributed by atoms with Gasteiger partial charge in [-0.1, -0.05) is 11.2 Å². The molecule has 1 amide bonds. The SMILES string of the molecule is Cc1cc2onc(CC(=O)Nc3cccc(N(C)C)c3)c2cc1C. The van der Waals surface area contributed by atoms with E-state index in [-0.39, 0.29) is 12.3 Å². The van der Waals surface area contributed by atoms with Crippen molar-refractivity contribution >= 4 is 28.3 Å². The van der Waals surface area contributed by atoms with Crippen LogP contribution in [-0.4, -0.2) is 25.2 Å². The van der Waals surface area contributed by atoms with Crippen molar-refractivity contribution in [3.05, 3.63) is 53.2 Å². The van der Waals surface area contributed by atoms with E-state index in [9.17, 15) is 4.79 Å². The maximum absolute atomic E-state index is 12.4. The van der Waals surface area contributed by atoms with Crippen molar-refractivity contribution in [3.8, 4) is 0 Å². The first-order valence-corrected chi connectivity index (χ1v) is 7.87. The minimum Gasteiger partial charge on any atom is -0.378 e. The monoisotopic (exact) mass is 323 g/mol. The normalized spacial score (nSPS) is 10.8. The highest BCUT2D eigenvalue weighted by molar-refractivity contribution is 5.95. The van der Waals surface area contributed by atoms with Crippen molar-refractivity contribution < 1.29 is 9.32 Å². The minimum atomic E-state index is -0.112. The van der Waals surface area contributed by atoms with Gasteiger partial charge in [-0.25, -0.2) is 0 Å². The van der Waals surface area contributed by atoms with Crippen LogP contribution in [0.3, 0.4) is 0 Å². The van der Waals surface area contributed by atoms with Crippen LogP contribution in [0.25, 0.3) is 11.0 Å². The molecule has 0 aliphatic rings. The van der Waals surface area contributed by atoms with Crippen LogP contribution in [0.2, 0.25) is 0 Å². The molecule has 0 saturated heterocycles. The number of amides is 1. The first-order chi connectivity index (χ1) is 11.4. The van der Waals surface area contributed by atoms with E-state index in [2.05, 4.69) is 10.5 Å². The number of aryl methyl sites for hydroxylation is 2. The number of benzene rings is 2. The summed E-state index contributed by atoms with van der Waals surface area (Å²) in [6.07, 6.45) is 0.182. The van der Waals surface area contributed by atoms with E-state index >= 15 is 0 Å². The maximum Gasteiger partial charge on any atom is 0.230 e. The molecule has 3 rings (SSSR count). The summed E-state index contributed by atoms with van der Waals surface area (Å²) in [5, 5.41) is 7.88. The summed E-state index contributed by atoms with van der Waals surface area (Å²) >= 11 is 0. The topological polar surface area (TPSA) is 58.4 Å². The van der Waals surface area contributed by atoms with Gasteiger partial charge in [-0.2, -0.15) is 0 Å². The molecule has 124 valence electrons. The molecule has 0 aliphatic carbocycles. The lowest BCUT2D eigenvalue weighted by molar-refractivity contribution is -0.115. The smallest absolute Gasteiger partial charge is 0.230 e. The Morgan fingerprint density at radius 2 is 1.92 bits per heavy atom. The van der Waals surface area contributed by atoms with E-state index in [1.54, 1.807) is 0 Å². The van der Waals surface area contributed by atoms with Gasteiger partial charge in [0.25, 0.3) is 0 Å². The van der Waals surface area contributed by atoms with Crippen molar-refractivity contribution in [1.29, 1.82) is 0 Å². The zero-order chi connectivity index (χ0) is 17.3. The highest BCUT2D eigenvalue weighted by atomic mass is 16.5. The number of carbonyl (C=O) groups is 1. The number of fused-ring (bicyclic) bond motifs is 1. The summed E-state index contributed by atoms with van der Waals surface area (Å²) in [6.45, 7) is 4.07. The predicted molar refractivity (Wildman–Crippen MR) is 96.6 cm³/mol. The van der Waals surface area contributed by atoms with Crippen LogP contribution in [0.1, 0.15) is 16.8 Å². The van der Waals surface area contributed by atoms with Crippen molar-refractivity contribution in [1.82, 2.24) is 5.16 Å². The summed E-state index contributed by atoms with van der Waals surface area (Å²) in [6, 6.07) is 11.7. The van der Waals surface area contributed by atoms with Crippen LogP contribution in [0.4, 0.5) is 11.4 Å². The number of anilines is 2. The fourth-order valence-corrected chi connectivity index (χ4v) is 2.59. The van der Waals surface area contributed by atoms with Gasteiger partial charge in [0, 0.05) is 30.9 Å². The molecule has 24 heavy (non-hydrogen) atoms. The Morgan fingerprint density at radius 3 is 2.67 bits per heavy atom. The third-order valence-electron chi connectivity index (χ3n) is 4.14. The minimum absolute atomic E-state index is 0.112. The highest BCUT2D eigenvalue weighted by Crippen LogP contribution is 2.23. The van der Waals surface area contributed by atoms with Crippen LogP contribution in [-0.2, 0) is 11.2 Å². The van der Waals surface area contributed by atoms with Crippen molar-refractivity contribution in [2.24, 2.45) is 0 Å². The average molecular weight is 323 g/mol. The Labute approximate surface area is 141 Å². The van der Waals surface area contributed by atoms with Crippen molar-refractivity contribution in [3.63, 3.8) is 0 Å². The standard InChI is InChI=1S/C19H21N3O2/c1-12-8-16-17(21-24-18(16)9-13(12)2)11-19(23)20-14-6-5-7-15(10-14)22(3)4/h5-10H,11H2,1-4H3,(H,20,23). The maximum atomic E-state index is 12.4. The van der Waals surface area contributed by atoms with Gasteiger partial charge in [-0.3, -0.25) is 4.79 Å². The van der Waals surface area contributed by atoms with Gasteiger partial charge in [0.15, 0.2) is 5.58 Å². The van der Waals surface area contributed by atoms with E-state index < -0.39 is 0 Å². The fourth-order valence-electron chi connectivity index (χ4n) is 2.59. The van der Waals surface area contributed by atoms with Crippen LogP contribution in [0.5, 0.6) is 0 Å². The van der Waals surface area contributed by atoms with Gasteiger partial charge < -0.3 is 14.7 Å². The third kappa shape index (κ3) is 3.25. The van der Waals surface area contributed by atoms with Gasteiger partial charge in [0.2, 0.25) is 5.91 Å². The van der Waals surface area contributed by atoms with E-state index in [4.69, 9.17) is 4.52 Å². The number of nitrogens with zero attached hydrogens (tertiary/aromatic N) is 2. The first kappa shape index (κ1) is 16.1. The Morgan fingerprint density at radius 1 is 1.17 bits per heavy atom. The molecular formula is C19H21N3O2. The number of rotatable bonds is 4. The lowest BCUT2D eigenvalue weighted by atomic mass is 10.1. The van der Waals surface area contributed by atoms with Gasteiger partial charge in [-0.05, 0) is 55.3 Å². The summed E-state index contributed by atoms with van der Waals surface area (Å²) in [5.41, 5.74) is 5.49. The molecule has 2 aromatic carbocycles. The fraction of sp³-hybridized carbons (Fsp3) is 0.263. The van der Waals surface area contributed by atoms with Crippen LogP contribution in [0.15, 0.2) is 40.9 Å². The van der Waals surface area contributed by atoms with Crippen molar-refractivity contribution in [2.75, 3.05) is 24.3 Å². The first-order valence-electron chi connectivity index (χ1n) is 7.87. The van der Waals surface area contributed by atoms with Crippen LogP contribution < -0.4 is 10.2 Å². The molecule has 1 heterocycles. The summed E-state index contributed by atoms with van der Waals surface area (Å²) in [4.78, 5) is 14.3. The van der Waals surface area contributed by atoms with Gasteiger partial charge in [-0.15, -0.1) is 0 Å². The lowest BCUT2D eigenvalue weighted by Gasteiger charge is -2.13. The number of hydrogen-bond acceptors (Lipinski definition) is 4. The molecule has 5 nitrogen and oxygen atoms in total.